The van der Waals surface area contributed by atoms with Gasteiger partial charge in [-0.3, -0.25) is 0 Å². The lowest BCUT2D eigenvalue weighted by molar-refractivity contribution is -0.139. The molecule has 1 aliphatic heterocycles. The Hall–Kier alpha value is -0.910. The van der Waals surface area contributed by atoms with Crippen molar-refractivity contribution < 1.29 is 23.7 Å². The minimum Gasteiger partial charge on any atom is -0.463 e. The Morgan fingerprint density at radius 3 is 2.67 bits per heavy atom. The van der Waals surface area contributed by atoms with Crippen molar-refractivity contribution in [2.45, 2.75) is 45.0 Å². The number of methoxy groups -OCH3 is 1. The molecule has 0 bridgehead atoms. The normalized spacial score (nSPS) is 23.5. The van der Waals surface area contributed by atoms with E-state index < -0.39 is 0 Å². The molecule has 1 aliphatic rings. The SMILES string of the molecule is C=C(C[C@@H](OCOC)[C@@H]1O[C@@H]1CC)C(=O)OCC. The van der Waals surface area contributed by atoms with Crippen LogP contribution in [-0.2, 0) is 23.7 Å². The average molecular weight is 258 g/mol. The van der Waals surface area contributed by atoms with E-state index in [0.29, 0.717) is 18.6 Å². The molecule has 0 N–H and O–H groups in total. The van der Waals surface area contributed by atoms with E-state index >= 15 is 0 Å². The molecule has 0 amide bonds. The summed E-state index contributed by atoms with van der Waals surface area (Å²) in [7, 11) is 1.56. The van der Waals surface area contributed by atoms with E-state index in [1.807, 2.05) is 0 Å². The predicted molar refractivity (Wildman–Crippen MR) is 66.1 cm³/mol. The predicted octanol–water partition coefficient (Wildman–Crippen LogP) is 1.66. The molecule has 0 aromatic rings. The van der Waals surface area contributed by atoms with Crippen molar-refractivity contribution in [3.05, 3.63) is 12.2 Å². The van der Waals surface area contributed by atoms with Gasteiger partial charge in [0, 0.05) is 19.1 Å². The molecule has 0 saturated carbocycles. The standard InChI is InChI=1S/C13H22O5/c1-5-10-12(18-10)11(17-8-15-4)7-9(3)13(14)16-6-2/h10-12H,3,5-8H2,1-2,4H3/t10-,11-,12-/m1/s1. The second-order valence-electron chi connectivity index (χ2n) is 4.19. The van der Waals surface area contributed by atoms with E-state index in [4.69, 9.17) is 18.9 Å². The fourth-order valence-electron chi connectivity index (χ4n) is 1.80. The van der Waals surface area contributed by atoms with Crippen LogP contribution in [0.4, 0.5) is 0 Å². The lowest BCUT2D eigenvalue weighted by Crippen LogP contribution is -2.25. The molecule has 104 valence electrons. The van der Waals surface area contributed by atoms with Crippen molar-refractivity contribution in [3.63, 3.8) is 0 Å². The van der Waals surface area contributed by atoms with Gasteiger partial charge in [0.2, 0.25) is 0 Å². The van der Waals surface area contributed by atoms with E-state index in [1.54, 1.807) is 14.0 Å². The quantitative estimate of drug-likeness (QED) is 0.272. The first-order valence-electron chi connectivity index (χ1n) is 6.24. The minimum absolute atomic E-state index is 0.0244. The molecule has 0 aliphatic carbocycles. The molecule has 18 heavy (non-hydrogen) atoms. The Balaban J connectivity index is 2.45. The molecule has 1 saturated heterocycles. The van der Waals surface area contributed by atoms with E-state index in [1.165, 1.54) is 0 Å². The van der Waals surface area contributed by atoms with Gasteiger partial charge in [-0.25, -0.2) is 4.79 Å². The van der Waals surface area contributed by atoms with Gasteiger partial charge in [-0.2, -0.15) is 0 Å². The molecule has 0 aromatic carbocycles. The Morgan fingerprint density at radius 1 is 1.44 bits per heavy atom. The lowest BCUT2D eigenvalue weighted by atomic mass is 10.0. The van der Waals surface area contributed by atoms with E-state index in [-0.39, 0.29) is 31.1 Å². The van der Waals surface area contributed by atoms with Crippen molar-refractivity contribution in [2.75, 3.05) is 20.5 Å². The monoisotopic (exact) mass is 258 g/mol. The van der Waals surface area contributed by atoms with Crippen LogP contribution in [0.25, 0.3) is 0 Å². The second kappa shape index (κ2) is 7.51. The van der Waals surface area contributed by atoms with Crippen molar-refractivity contribution >= 4 is 5.97 Å². The summed E-state index contributed by atoms with van der Waals surface area (Å²) in [5.41, 5.74) is 0.406. The molecular weight excluding hydrogens is 236 g/mol. The zero-order valence-corrected chi connectivity index (χ0v) is 11.3. The number of ether oxygens (including phenoxy) is 4. The highest BCUT2D eigenvalue weighted by Gasteiger charge is 2.44. The lowest BCUT2D eigenvalue weighted by Gasteiger charge is -2.16. The summed E-state index contributed by atoms with van der Waals surface area (Å²) < 4.78 is 20.8. The molecule has 5 nitrogen and oxygen atoms in total. The summed E-state index contributed by atoms with van der Waals surface area (Å²) in [6, 6.07) is 0. The van der Waals surface area contributed by atoms with Crippen LogP contribution in [0.15, 0.2) is 12.2 Å². The van der Waals surface area contributed by atoms with Gasteiger partial charge < -0.3 is 18.9 Å². The highest BCUT2D eigenvalue weighted by molar-refractivity contribution is 5.87. The third-order valence-electron chi connectivity index (χ3n) is 2.80. The number of rotatable bonds is 9. The molecule has 0 unspecified atom stereocenters. The van der Waals surface area contributed by atoms with Gasteiger partial charge in [-0.1, -0.05) is 13.5 Å². The average Bonchev–Trinajstić information content (AvgIpc) is 3.13. The van der Waals surface area contributed by atoms with Crippen LogP contribution < -0.4 is 0 Å². The van der Waals surface area contributed by atoms with E-state index in [0.717, 1.165) is 6.42 Å². The number of carbonyl (C=O) groups excluding carboxylic acids is 1. The molecule has 5 heteroatoms. The van der Waals surface area contributed by atoms with E-state index in [9.17, 15) is 4.79 Å². The summed E-state index contributed by atoms with van der Waals surface area (Å²) in [4.78, 5) is 11.5. The topological polar surface area (TPSA) is 57.3 Å². The van der Waals surface area contributed by atoms with Crippen LogP contribution >= 0.6 is 0 Å². The van der Waals surface area contributed by atoms with Crippen molar-refractivity contribution in [3.8, 4) is 0 Å². The first kappa shape index (κ1) is 15.1. The van der Waals surface area contributed by atoms with Crippen LogP contribution in [-0.4, -0.2) is 44.8 Å². The van der Waals surface area contributed by atoms with Crippen molar-refractivity contribution in [2.24, 2.45) is 0 Å². The van der Waals surface area contributed by atoms with Crippen LogP contribution in [0.2, 0.25) is 0 Å². The maximum atomic E-state index is 11.5. The Morgan fingerprint density at radius 2 is 2.17 bits per heavy atom. The summed E-state index contributed by atoms with van der Waals surface area (Å²) >= 11 is 0. The van der Waals surface area contributed by atoms with Gasteiger partial charge in [0.1, 0.15) is 12.9 Å². The van der Waals surface area contributed by atoms with Crippen LogP contribution in [0.1, 0.15) is 26.7 Å². The van der Waals surface area contributed by atoms with Crippen LogP contribution in [0, 0.1) is 0 Å². The molecule has 1 fully saturated rings. The van der Waals surface area contributed by atoms with Gasteiger partial charge >= 0.3 is 5.97 Å². The van der Waals surface area contributed by atoms with Crippen molar-refractivity contribution in [1.29, 1.82) is 0 Å². The van der Waals surface area contributed by atoms with Gasteiger partial charge in [-0.05, 0) is 13.3 Å². The summed E-state index contributed by atoms with van der Waals surface area (Å²) in [6.45, 7) is 8.07. The summed E-state index contributed by atoms with van der Waals surface area (Å²) in [6.07, 6.45) is 1.37. The molecule has 1 rings (SSSR count). The molecule has 0 spiro atoms. The number of carbonyl (C=O) groups is 1. The van der Waals surface area contributed by atoms with Gasteiger partial charge in [0.05, 0.1) is 18.8 Å². The first-order chi connectivity index (χ1) is 8.63. The molecule has 1 heterocycles. The summed E-state index contributed by atoms with van der Waals surface area (Å²) in [5, 5.41) is 0. The number of hydrogen-bond donors (Lipinski definition) is 0. The van der Waals surface area contributed by atoms with Crippen molar-refractivity contribution in [1.82, 2.24) is 0 Å². The molecule has 3 atom stereocenters. The zero-order valence-electron chi connectivity index (χ0n) is 11.3. The summed E-state index contributed by atoms with van der Waals surface area (Å²) in [5.74, 6) is -0.378. The molecular formula is C13H22O5. The fourth-order valence-corrected chi connectivity index (χ4v) is 1.80. The molecule has 0 radical (unpaired) electrons. The third kappa shape index (κ3) is 4.40. The van der Waals surface area contributed by atoms with E-state index in [2.05, 4.69) is 13.5 Å². The van der Waals surface area contributed by atoms with Crippen LogP contribution in [0.3, 0.4) is 0 Å². The minimum atomic E-state index is -0.378. The largest absolute Gasteiger partial charge is 0.463 e. The Bertz CT molecular complexity index is 289. The van der Waals surface area contributed by atoms with Gasteiger partial charge in [0.25, 0.3) is 0 Å². The van der Waals surface area contributed by atoms with Gasteiger partial charge in [-0.15, -0.1) is 0 Å². The first-order valence-corrected chi connectivity index (χ1v) is 6.24. The maximum absolute atomic E-state index is 11.5. The second-order valence-corrected chi connectivity index (χ2v) is 4.19. The highest BCUT2D eigenvalue weighted by Crippen LogP contribution is 2.32. The number of hydrogen-bond acceptors (Lipinski definition) is 5. The number of epoxide rings is 1. The molecule has 0 aromatic heterocycles. The Kier molecular flexibility index (Phi) is 6.32. The van der Waals surface area contributed by atoms with Crippen LogP contribution in [0.5, 0.6) is 0 Å². The highest BCUT2D eigenvalue weighted by atomic mass is 16.7. The fraction of sp³-hybridized carbons (Fsp3) is 0.769. The number of esters is 1. The maximum Gasteiger partial charge on any atom is 0.333 e. The smallest absolute Gasteiger partial charge is 0.333 e. The zero-order chi connectivity index (χ0) is 13.5. The third-order valence-corrected chi connectivity index (χ3v) is 2.80. The van der Waals surface area contributed by atoms with Gasteiger partial charge in [0.15, 0.2) is 0 Å². The Labute approximate surface area is 108 Å².